The monoisotopic (exact) mass is 219 g/mol. The molecule has 1 fully saturated rings. The maximum atomic E-state index is 6.05. The van der Waals surface area contributed by atoms with Gasteiger partial charge in [-0.1, -0.05) is 42.7 Å². The van der Waals surface area contributed by atoms with Crippen molar-refractivity contribution < 1.29 is 4.74 Å². The highest BCUT2D eigenvalue weighted by Gasteiger charge is 2.20. The molecule has 1 unspecified atom stereocenters. The van der Waals surface area contributed by atoms with Gasteiger partial charge in [0.1, 0.15) is 0 Å². The summed E-state index contributed by atoms with van der Waals surface area (Å²) in [5.74, 6) is 0.940. The van der Waals surface area contributed by atoms with Crippen LogP contribution in [0.4, 0.5) is 0 Å². The van der Waals surface area contributed by atoms with Crippen LogP contribution in [0, 0.1) is 12.8 Å². The summed E-state index contributed by atoms with van der Waals surface area (Å²) in [7, 11) is 0. The van der Waals surface area contributed by atoms with Gasteiger partial charge in [-0.2, -0.15) is 0 Å². The Labute approximate surface area is 97.8 Å². The van der Waals surface area contributed by atoms with Gasteiger partial charge >= 0.3 is 0 Å². The van der Waals surface area contributed by atoms with Crippen molar-refractivity contribution in [2.45, 2.75) is 32.2 Å². The highest BCUT2D eigenvalue weighted by molar-refractivity contribution is 5.23. The van der Waals surface area contributed by atoms with Crippen molar-refractivity contribution in [3.63, 3.8) is 0 Å². The second kappa shape index (κ2) is 5.46. The average Bonchev–Trinajstić information content (AvgIpc) is 3.09. The molecule has 1 aliphatic carbocycles. The largest absolute Gasteiger partial charge is 0.379 e. The minimum Gasteiger partial charge on any atom is -0.379 e. The van der Waals surface area contributed by atoms with Crippen LogP contribution in [0.3, 0.4) is 0 Å². The van der Waals surface area contributed by atoms with Crippen molar-refractivity contribution in [2.75, 3.05) is 13.2 Å². The Morgan fingerprint density at radius 1 is 1.31 bits per heavy atom. The van der Waals surface area contributed by atoms with Crippen molar-refractivity contribution in [3.8, 4) is 0 Å². The van der Waals surface area contributed by atoms with Gasteiger partial charge in [-0.05, 0) is 24.8 Å². The van der Waals surface area contributed by atoms with Crippen LogP contribution < -0.4 is 5.73 Å². The van der Waals surface area contributed by atoms with Crippen LogP contribution in [-0.4, -0.2) is 13.2 Å². The molecular weight excluding hydrogens is 198 g/mol. The first kappa shape index (κ1) is 11.6. The summed E-state index contributed by atoms with van der Waals surface area (Å²) in [4.78, 5) is 0. The number of hydrogen-bond acceptors (Lipinski definition) is 2. The Morgan fingerprint density at radius 2 is 2.00 bits per heavy atom. The average molecular weight is 219 g/mol. The Bertz CT molecular complexity index is 316. The molecule has 0 aromatic heterocycles. The zero-order chi connectivity index (χ0) is 11.4. The Balaban J connectivity index is 1.69. The molecule has 1 aromatic rings. The number of benzene rings is 1. The quantitative estimate of drug-likeness (QED) is 0.747. The first-order valence-corrected chi connectivity index (χ1v) is 6.15. The van der Waals surface area contributed by atoms with E-state index in [4.69, 9.17) is 10.5 Å². The standard InChI is InChI=1S/C14H21NO/c1-11-2-6-13(7-3-11)14(15)10-16-9-8-12-4-5-12/h2-3,6-7,12,14H,4-5,8-10,15H2,1H3. The fourth-order valence-electron chi connectivity index (χ4n) is 1.78. The molecule has 1 aromatic carbocycles. The maximum absolute atomic E-state index is 6.05. The molecule has 0 radical (unpaired) electrons. The highest BCUT2D eigenvalue weighted by Crippen LogP contribution is 2.32. The zero-order valence-corrected chi connectivity index (χ0v) is 9.99. The van der Waals surface area contributed by atoms with Gasteiger partial charge in [0.25, 0.3) is 0 Å². The smallest absolute Gasteiger partial charge is 0.0659 e. The molecule has 2 N–H and O–H groups in total. The SMILES string of the molecule is Cc1ccc(C(N)COCCC2CC2)cc1. The lowest BCUT2D eigenvalue weighted by Crippen LogP contribution is -2.17. The molecule has 0 amide bonds. The van der Waals surface area contributed by atoms with E-state index in [1.54, 1.807) is 0 Å². The third-order valence-corrected chi connectivity index (χ3v) is 3.17. The summed E-state index contributed by atoms with van der Waals surface area (Å²) in [6.07, 6.45) is 4.00. The van der Waals surface area contributed by atoms with E-state index >= 15 is 0 Å². The topological polar surface area (TPSA) is 35.2 Å². The van der Waals surface area contributed by atoms with E-state index in [-0.39, 0.29) is 6.04 Å². The van der Waals surface area contributed by atoms with Gasteiger partial charge in [-0.15, -0.1) is 0 Å². The Morgan fingerprint density at radius 3 is 2.62 bits per heavy atom. The fourth-order valence-corrected chi connectivity index (χ4v) is 1.78. The van der Waals surface area contributed by atoms with Crippen LogP contribution in [0.25, 0.3) is 0 Å². The molecule has 0 aliphatic heterocycles. The van der Waals surface area contributed by atoms with E-state index in [0.717, 1.165) is 18.1 Å². The van der Waals surface area contributed by atoms with E-state index in [0.29, 0.717) is 6.61 Å². The number of ether oxygens (including phenoxy) is 1. The normalized spacial score (nSPS) is 17.4. The summed E-state index contributed by atoms with van der Waals surface area (Å²) in [6, 6.07) is 8.38. The predicted molar refractivity (Wildman–Crippen MR) is 66.3 cm³/mol. The highest BCUT2D eigenvalue weighted by atomic mass is 16.5. The van der Waals surface area contributed by atoms with E-state index in [1.165, 1.54) is 24.8 Å². The molecule has 0 saturated heterocycles. The van der Waals surface area contributed by atoms with Crippen LogP contribution in [0.15, 0.2) is 24.3 Å². The Hall–Kier alpha value is -0.860. The second-order valence-electron chi connectivity index (χ2n) is 4.82. The number of nitrogens with two attached hydrogens (primary N) is 1. The molecule has 2 rings (SSSR count). The molecule has 0 bridgehead atoms. The third kappa shape index (κ3) is 3.62. The molecule has 2 heteroatoms. The predicted octanol–water partition coefficient (Wildman–Crippen LogP) is 2.81. The minimum atomic E-state index is 0.0137. The van der Waals surface area contributed by atoms with Gasteiger partial charge in [0, 0.05) is 6.61 Å². The summed E-state index contributed by atoms with van der Waals surface area (Å²) in [6.45, 7) is 3.58. The van der Waals surface area contributed by atoms with Crippen LogP contribution in [0.1, 0.15) is 36.4 Å². The van der Waals surface area contributed by atoms with Gasteiger partial charge in [0.15, 0.2) is 0 Å². The van der Waals surface area contributed by atoms with Crippen molar-refractivity contribution in [3.05, 3.63) is 35.4 Å². The second-order valence-corrected chi connectivity index (χ2v) is 4.82. The lowest BCUT2D eigenvalue weighted by Gasteiger charge is -2.12. The van der Waals surface area contributed by atoms with Crippen LogP contribution in [-0.2, 0) is 4.74 Å². The molecule has 0 spiro atoms. The van der Waals surface area contributed by atoms with Crippen molar-refractivity contribution in [1.82, 2.24) is 0 Å². The van der Waals surface area contributed by atoms with Crippen molar-refractivity contribution in [2.24, 2.45) is 11.7 Å². The van der Waals surface area contributed by atoms with Gasteiger partial charge < -0.3 is 10.5 Å². The molecule has 88 valence electrons. The summed E-state index contributed by atoms with van der Waals surface area (Å²) in [5.41, 5.74) is 8.49. The number of aryl methyl sites for hydroxylation is 1. The molecular formula is C14H21NO. The minimum absolute atomic E-state index is 0.0137. The lowest BCUT2D eigenvalue weighted by atomic mass is 10.1. The molecule has 2 nitrogen and oxygen atoms in total. The molecule has 1 saturated carbocycles. The molecule has 1 atom stereocenters. The van der Waals surface area contributed by atoms with Gasteiger partial charge in [-0.25, -0.2) is 0 Å². The third-order valence-electron chi connectivity index (χ3n) is 3.17. The van der Waals surface area contributed by atoms with E-state index < -0.39 is 0 Å². The summed E-state index contributed by atoms with van der Waals surface area (Å²) >= 11 is 0. The van der Waals surface area contributed by atoms with E-state index in [9.17, 15) is 0 Å². The van der Waals surface area contributed by atoms with Crippen molar-refractivity contribution in [1.29, 1.82) is 0 Å². The van der Waals surface area contributed by atoms with Gasteiger partial charge in [0.2, 0.25) is 0 Å². The fraction of sp³-hybridized carbons (Fsp3) is 0.571. The van der Waals surface area contributed by atoms with Gasteiger partial charge in [-0.3, -0.25) is 0 Å². The van der Waals surface area contributed by atoms with E-state index in [2.05, 4.69) is 31.2 Å². The summed E-state index contributed by atoms with van der Waals surface area (Å²) < 4.78 is 5.61. The summed E-state index contributed by atoms with van der Waals surface area (Å²) in [5, 5.41) is 0. The van der Waals surface area contributed by atoms with Gasteiger partial charge in [0.05, 0.1) is 12.6 Å². The first-order chi connectivity index (χ1) is 7.75. The van der Waals surface area contributed by atoms with Crippen LogP contribution in [0.5, 0.6) is 0 Å². The lowest BCUT2D eigenvalue weighted by molar-refractivity contribution is 0.115. The Kier molecular flexibility index (Phi) is 3.97. The van der Waals surface area contributed by atoms with Crippen LogP contribution >= 0.6 is 0 Å². The number of rotatable bonds is 6. The molecule has 16 heavy (non-hydrogen) atoms. The van der Waals surface area contributed by atoms with E-state index in [1.807, 2.05) is 0 Å². The molecule has 0 heterocycles. The number of hydrogen-bond donors (Lipinski definition) is 1. The first-order valence-electron chi connectivity index (χ1n) is 6.15. The zero-order valence-electron chi connectivity index (χ0n) is 9.99. The molecule has 1 aliphatic rings. The van der Waals surface area contributed by atoms with Crippen LogP contribution in [0.2, 0.25) is 0 Å². The maximum Gasteiger partial charge on any atom is 0.0659 e. The van der Waals surface area contributed by atoms with Crippen molar-refractivity contribution >= 4 is 0 Å².